The van der Waals surface area contributed by atoms with Gasteiger partial charge in [-0.3, -0.25) is 9.59 Å². The quantitative estimate of drug-likeness (QED) is 0.906. The zero-order chi connectivity index (χ0) is 16.4. The third-order valence-electron chi connectivity index (χ3n) is 4.31. The van der Waals surface area contributed by atoms with Gasteiger partial charge in [0.2, 0.25) is 0 Å². The summed E-state index contributed by atoms with van der Waals surface area (Å²) in [5, 5.41) is 2.87. The van der Waals surface area contributed by atoms with E-state index in [4.69, 9.17) is 0 Å². The van der Waals surface area contributed by atoms with Crippen molar-refractivity contribution in [3.05, 3.63) is 63.6 Å². The number of nitrogens with one attached hydrogen (secondary N) is 2. The lowest BCUT2D eigenvalue weighted by atomic mass is 10.1. The molecular formula is C18H21N3O2. The second-order valence-corrected chi connectivity index (χ2v) is 6.02. The second-order valence-electron chi connectivity index (χ2n) is 6.02. The number of benzene rings is 1. The van der Waals surface area contributed by atoms with Crippen LogP contribution in [0.4, 0.5) is 5.69 Å². The summed E-state index contributed by atoms with van der Waals surface area (Å²) in [4.78, 5) is 29.0. The molecule has 0 saturated heterocycles. The fourth-order valence-corrected chi connectivity index (χ4v) is 3.02. The maximum atomic E-state index is 12.2. The van der Waals surface area contributed by atoms with Gasteiger partial charge in [0.1, 0.15) is 5.56 Å². The fraction of sp³-hybridized carbons (Fsp3) is 0.333. The van der Waals surface area contributed by atoms with Crippen molar-refractivity contribution in [2.75, 3.05) is 18.0 Å². The normalized spacial score (nSPS) is 14.4. The predicted molar refractivity (Wildman–Crippen MR) is 91.1 cm³/mol. The number of nitrogens with zero attached hydrogens (tertiary/aromatic N) is 1. The average Bonchev–Trinajstić information content (AvgIpc) is 2.96. The number of rotatable bonds is 4. The Balaban J connectivity index is 1.64. The van der Waals surface area contributed by atoms with E-state index in [0.717, 1.165) is 18.7 Å². The largest absolute Gasteiger partial charge is 0.366 e. The van der Waals surface area contributed by atoms with E-state index in [0.29, 0.717) is 6.54 Å². The van der Waals surface area contributed by atoms with E-state index in [2.05, 4.69) is 40.3 Å². The molecule has 0 radical (unpaired) electrons. The maximum Gasteiger partial charge on any atom is 0.260 e. The standard InChI is InChI=1S/C18H21N3O2/c1-12-7-8-15(18(23)20-12)17(22)19-11-13(2)21-10-9-14-5-3-4-6-16(14)21/h3-8,13H,9-11H2,1-2H3,(H,19,22)(H,20,23)/t13-/m1/s1. The van der Waals surface area contributed by atoms with Crippen LogP contribution in [0.3, 0.4) is 0 Å². The minimum Gasteiger partial charge on any atom is -0.366 e. The molecule has 3 rings (SSSR count). The molecule has 1 aliphatic rings. The molecule has 5 nitrogen and oxygen atoms in total. The molecule has 1 atom stereocenters. The molecule has 5 heteroatoms. The summed E-state index contributed by atoms with van der Waals surface area (Å²) in [7, 11) is 0. The van der Waals surface area contributed by atoms with E-state index >= 15 is 0 Å². The number of H-pyrrole nitrogens is 1. The van der Waals surface area contributed by atoms with E-state index < -0.39 is 0 Å². The molecule has 0 bridgehead atoms. The molecule has 1 aliphatic heterocycles. The number of aryl methyl sites for hydroxylation is 1. The first kappa shape index (κ1) is 15.3. The molecule has 2 aromatic rings. The highest BCUT2D eigenvalue weighted by molar-refractivity contribution is 5.93. The Bertz CT molecular complexity index is 782. The zero-order valence-electron chi connectivity index (χ0n) is 13.4. The number of carbonyl (C=O) groups is 1. The minimum atomic E-state index is -0.346. The average molecular weight is 311 g/mol. The van der Waals surface area contributed by atoms with Gasteiger partial charge in [0.25, 0.3) is 11.5 Å². The summed E-state index contributed by atoms with van der Waals surface area (Å²) in [6, 6.07) is 11.8. The Morgan fingerprint density at radius 1 is 1.30 bits per heavy atom. The van der Waals surface area contributed by atoms with Crippen molar-refractivity contribution in [3.8, 4) is 0 Å². The number of para-hydroxylation sites is 1. The fourth-order valence-electron chi connectivity index (χ4n) is 3.02. The van der Waals surface area contributed by atoms with Crippen LogP contribution in [0.1, 0.15) is 28.5 Å². The molecule has 0 fully saturated rings. The van der Waals surface area contributed by atoms with E-state index in [1.807, 2.05) is 6.07 Å². The molecule has 2 heterocycles. The summed E-state index contributed by atoms with van der Waals surface area (Å²) >= 11 is 0. The molecule has 1 amide bonds. The molecule has 2 N–H and O–H groups in total. The van der Waals surface area contributed by atoms with E-state index in [9.17, 15) is 9.59 Å². The van der Waals surface area contributed by atoms with Crippen molar-refractivity contribution >= 4 is 11.6 Å². The third-order valence-corrected chi connectivity index (χ3v) is 4.31. The highest BCUT2D eigenvalue weighted by Gasteiger charge is 2.23. The molecule has 0 spiro atoms. The third kappa shape index (κ3) is 3.13. The SMILES string of the molecule is Cc1ccc(C(=O)NC[C@@H](C)N2CCc3ccccc32)c(=O)[nH]1. The summed E-state index contributed by atoms with van der Waals surface area (Å²) in [6.45, 7) is 5.33. The molecule has 0 aliphatic carbocycles. The van der Waals surface area contributed by atoms with Crippen LogP contribution in [-0.2, 0) is 6.42 Å². The Hall–Kier alpha value is -2.56. The number of fused-ring (bicyclic) bond motifs is 1. The lowest BCUT2D eigenvalue weighted by Crippen LogP contribution is -2.42. The van der Waals surface area contributed by atoms with Crippen LogP contribution in [0.25, 0.3) is 0 Å². The summed E-state index contributed by atoms with van der Waals surface area (Å²) in [5.41, 5.74) is 3.14. The Morgan fingerprint density at radius 2 is 2.09 bits per heavy atom. The number of hydrogen-bond acceptors (Lipinski definition) is 3. The van der Waals surface area contributed by atoms with Gasteiger partial charge in [0.15, 0.2) is 0 Å². The first-order valence-corrected chi connectivity index (χ1v) is 7.89. The van der Waals surface area contributed by atoms with Gasteiger partial charge in [-0.2, -0.15) is 0 Å². The van der Waals surface area contributed by atoms with Crippen molar-refractivity contribution in [2.45, 2.75) is 26.3 Å². The maximum absolute atomic E-state index is 12.2. The zero-order valence-corrected chi connectivity index (χ0v) is 13.4. The van der Waals surface area contributed by atoms with Gasteiger partial charge in [-0.1, -0.05) is 18.2 Å². The van der Waals surface area contributed by atoms with Crippen LogP contribution in [0, 0.1) is 6.92 Å². The number of aromatic nitrogens is 1. The smallest absolute Gasteiger partial charge is 0.260 e. The first-order valence-electron chi connectivity index (χ1n) is 7.89. The van der Waals surface area contributed by atoms with Crippen LogP contribution >= 0.6 is 0 Å². The van der Waals surface area contributed by atoms with Crippen molar-refractivity contribution in [2.24, 2.45) is 0 Å². The number of carbonyl (C=O) groups excluding carboxylic acids is 1. The number of hydrogen-bond donors (Lipinski definition) is 2. The van der Waals surface area contributed by atoms with Gasteiger partial charge < -0.3 is 15.2 Å². The summed E-state index contributed by atoms with van der Waals surface area (Å²) < 4.78 is 0. The number of aromatic amines is 1. The lowest BCUT2D eigenvalue weighted by molar-refractivity contribution is 0.0950. The lowest BCUT2D eigenvalue weighted by Gasteiger charge is -2.27. The molecule has 120 valence electrons. The predicted octanol–water partition coefficient (Wildman–Crippen LogP) is 1.86. The number of amides is 1. The number of pyridine rings is 1. The van der Waals surface area contributed by atoms with E-state index in [1.54, 1.807) is 19.1 Å². The molecule has 0 saturated carbocycles. The van der Waals surface area contributed by atoms with Crippen molar-refractivity contribution in [1.82, 2.24) is 10.3 Å². The Kier molecular flexibility index (Phi) is 4.19. The summed E-state index contributed by atoms with van der Waals surface area (Å²) in [6.07, 6.45) is 1.03. The van der Waals surface area contributed by atoms with Crippen molar-refractivity contribution in [1.29, 1.82) is 0 Å². The highest BCUT2D eigenvalue weighted by Crippen LogP contribution is 2.28. The van der Waals surface area contributed by atoms with E-state index in [-0.39, 0.29) is 23.1 Å². The van der Waals surface area contributed by atoms with Gasteiger partial charge in [0.05, 0.1) is 0 Å². The van der Waals surface area contributed by atoms with Gasteiger partial charge in [0, 0.05) is 30.5 Å². The van der Waals surface area contributed by atoms with Crippen molar-refractivity contribution < 1.29 is 4.79 Å². The molecule has 1 aromatic carbocycles. The number of anilines is 1. The van der Waals surface area contributed by atoms with Crippen LogP contribution < -0.4 is 15.8 Å². The van der Waals surface area contributed by atoms with Crippen LogP contribution in [0.15, 0.2) is 41.2 Å². The first-order chi connectivity index (χ1) is 11.1. The second kappa shape index (κ2) is 6.28. The minimum absolute atomic E-state index is 0.157. The van der Waals surface area contributed by atoms with Gasteiger partial charge in [-0.15, -0.1) is 0 Å². The Labute approximate surface area is 135 Å². The highest BCUT2D eigenvalue weighted by atomic mass is 16.2. The molecule has 0 unspecified atom stereocenters. The van der Waals surface area contributed by atoms with E-state index in [1.165, 1.54) is 11.3 Å². The van der Waals surface area contributed by atoms with Crippen LogP contribution in [-0.4, -0.2) is 30.0 Å². The van der Waals surface area contributed by atoms with Gasteiger partial charge >= 0.3 is 0 Å². The van der Waals surface area contributed by atoms with Crippen LogP contribution in [0.2, 0.25) is 0 Å². The monoisotopic (exact) mass is 311 g/mol. The summed E-state index contributed by atoms with van der Waals surface area (Å²) in [5.74, 6) is -0.328. The molecule has 1 aromatic heterocycles. The Morgan fingerprint density at radius 3 is 2.87 bits per heavy atom. The van der Waals surface area contributed by atoms with Gasteiger partial charge in [-0.05, 0) is 44.0 Å². The van der Waals surface area contributed by atoms with Crippen molar-refractivity contribution in [3.63, 3.8) is 0 Å². The molecule has 23 heavy (non-hydrogen) atoms. The van der Waals surface area contributed by atoms with Gasteiger partial charge in [-0.25, -0.2) is 0 Å². The molecular weight excluding hydrogens is 290 g/mol. The topological polar surface area (TPSA) is 65.2 Å². The van der Waals surface area contributed by atoms with Crippen LogP contribution in [0.5, 0.6) is 0 Å².